The molecule has 0 aliphatic heterocycles. The van der Waals surface area contributed by atoms with Gasteiger partial charge < -0.3 is 14.7 Å². The summed E-state index contributed by atoms with van der Waals surface area (Å²) >= 11 is 1.56. The molecule has 0 atom stereocenters. The number of thiophene rings is 1. The molecule has 0 bridgehead atoms. The Balaban J connectivity index is 2.00. The van der Waals surface area contributed by atoms with Crippen molar-refractivity contribution in [1.82, 2.24) is 15.4 Å². The number of hydrogen-bond acceptors (Lipinski definition) is 7. The van der Waals surface area contributed by atoms with Crippen molar-refractivity contribution in [2.24, 2.45) is 0 Å². The number of nitrogens with two attached hydrogens (primary N) is 1. The fourth-order valence-electron chi connectivity index (χ4n) is 1.25. The summed E-state index contributed by atoms with van der Waals surface area (Å²) in [5.74, 6) is 0.922. The van der Waals surface area contributed by atoms with Crippen LogP contribution in [-0.4, -0.2) is 15.4 Å². The molecule has 0 aliphatic rings. The number of rotatable bonds is 2. The molecule has 3 aromatic heterocycles. The third-order valence-corrected chi connectivity index (χ3v) is 2.82. The van der Waals surface area contributed by atoms with Gasteiger partial charge in [-0.3, -0.25) is 0 Å². The monoisotopic (exact) mass is 234 g/mol. The Morgan fingerprint density at radius 1 is 1.31 bits per heavy atom. The quantitative estimate of drug-likeness (QED) is 0.729. The second kappa shape index (κ2) is 3.46. The van der Waals surface area contributed by atoms with Crippen LogP contribution < -0.4 is 5.73 Å². The number of hydrogen-bond donors (Lipinski definition) is 1. The van der Waals surface area contributed by atoms with Crippen molar-refractivity contribution in [3.8, 4) is 22.2 Å². The molecule has 0 saturated heterocycles. The molecule has 7 heteroatoms. The predicted octanol–water partition coefficient (Wildman–Crippen LogP) is 2.04. The normalized spacial score (nSPS) is 10.8. The summed E-state index contributed by atoms with van der Waals surface area (Å²) in [7, 11) is 0. The van der Waals surface area contributed by atoms with E-state index in [2.05, 4.69) is 15.4 Å². The zero-order chi connectivity index (χ0) is 11.0. The molecule has 0 radical (unpaired) electrons. The second-order valence-electron chi connectivity index (χ2n) is 3.00. The third-order valence-electron chi connectivity index (χ3n) is 1.93. The molecule has 2 N–H and O–H groups in total. The van der Waals surface area contributed by atoms with Crippen LogP contribution in [0.25, 0.3) is 22.2 Å². The highest BCUT2D eigenvalue weighted by atomic mass is 32.1. The van der Waals surface area contributed by atoms with Gasteiger partial charge in [0.25, 0.3) is 5.89 Å². The standard InChI is InChI=1S/C9H6N4O2S/c10-9-12-11-8(14-9)5-4-6(15-13-5)7-2-1-3-16-7/h1-4H,(H2,10,12). The average Bonchev–Trinajstić information content (AvgIpc) is 2.97. The maximum absolute atomic E-state index is 5.32. The van der Waals surface area contributed by atoms with E-state index in [1.807, 2.05) is 17.5 Å². The van der Waals surface area contributed by atoms with Crippen molar-refractivity contribution < 1.29 is 8.94 Å². The van der Waals surface area contributed by atoms with Gasteiger partial charge in [0.15, 0.2) is 11.5 Å². The first kappa shape index (κ1) is 9.10. The topological polar surface area (TPSA) is 91.0 Å². The lowest BCUT2D eigenvalue weighted by atomic mass is 10.3. The minimum absolute atomic E-state index is 0.00988. The van der Waals surface area contributed by atoms with Crippen LogP contribution in [0.4, 0.5) is 6.01 Å². The molecule has 0 aliphatic carbocycles. The van der Waals surface area contributed by atoms with Crippen LogP contribution in [0.15, 0.2) is 32.5 Å². The Labute approximate surface area is 93.7 Å². The van der Waals surface area contributed by atoms with E-state index in [4.69, 9.17) is 14.7 Å². The molecular weight excluding hydrogens is 228 g/mol. The molecule has 0 saturated carbocycles. The highest BCUT2D eigenvalue weighted by Gasteiger charge is 2.13. The van der Waals surface area contributed by atoms with Crippen molar-refractivity contribution in [3.05, 3.63) is 23.6 Å². The van der Waals surface area contributed by atoms with E-state index in [0.717, 1.165) is 4.88 Å². The van der Waals surface area contributed by atoms with Crippen molar-refractivity contribution in [2.45, 2.75) is 0 Å². The van der Waals surface area contributed by atoms with Gasteiger partial charge in [-0.15, -0.1) is 16.4 Å². The van der Waals surface area contributed by atoms with Gasteiger partial charge in [-0.05, 0) is 11.4 Å². The van der Waals surface area contributed by atoms with Crippen LogP contribution >= 0.6 is 11.3 Å². The molecule has 3 heterocycles. The smallest absolute Gasteiger partial charge is 0.313 e. The Hall–Kier alpha value is -2.15. The van der Waals surface area contributed by atoms with Gasteiger partial charge in [0.05, 0.1) is 4.88 Å². The summed E-state index contributed by atoms with van der Waals surface area (Å²) in [5, 5.41) is 13.1. The van der Waals surface area contributed by atoms with Crippen LogP contribution in [0, 0.1) is 0 Å². The first-order valence-corrected chi connectivity index (χ1v) is 5.31. The number of nitrogen functional groups attached to an aromatic ring is 1. The molecule has 0 spiro atoms. The van der Waals surface area contributed by atoms with Gasteiger partial charge in [-0.25, -0.2) is 0 Å². The summed E-state index contributed by atoms with van der Waals surface area (Å²) in [6.45, 7) is 0. The molecule has 0 amide bonds. The van der Waals surface area contributed by atoms with Crippen molar-refractivity contribution in [1.29, 1.82) is 0 Å². The highest BCUT2D eigenvalue weighted by molar-refractivity contribution is 7.13. The molecule has 80 valence electrons. The maximum Gasteiger partial charge on any atom is 0.313 e. The van der Waals surface area contributed by atoms with Crippen LogP contribution in [0.3, 0.4) is 0 Å². The van der Waals surface area contributed by atoms with Crippen molar-refractivity contribution in [3.63, 3.8) is 0 Å². The lowest BCUT2D eigenvalue weighted by Gasteiger charge is -1.83. The number of anilines is 1. The summed E-state index contributed by atoms with van der Waals surface area (Å²) in [5.41, 5.74) is 5.80. The fourth-order valence-corrected chi connectivity index (χ4v) is 1.92. The number of aromatic nitrogens is 3. The predicted molar refractivity (Wildman–Crippen MR) is 57.5 cm³/mol. The van der Waals surface area contributed by atoms with E-state index in [9.17, 15) is 0 Å². The summed E-state index contributed by atoms with van der Waals surface area (Å²) in [6.07, 6.45) is 0. The fraction of sp³-hybridized carbons (Fsp3) is 0. The molecule has 0 aromatic carbocycles. The first-order chi connectivity index (χ1) is 7.83. The molecule has 3 aromatic rings. The Kier molecular flexibility index (Phi) is 1.97. The first-order valence-electron chi connectivity index (χ1n) is 4.43. The van der Waals surface area contributed by atoms with Gasteiger partial charge in [-0.2, -0.15) is 0 Å². The minimum Gasteiger partial charge on any atom is -0.402 e. The van der Waals surface area contributed by atoms with Gasteiger partial charge >= 0.3 is 6.01 Å². The third kappa shape index (κ3) is 1.47. The van der Waals surface area contributed by atoms with E-state index in [1.165, 1.54) is 0 Å². The molecule has 0 unspecified atom stereocenters. The average molecular weight is 234 g/mol. The largest absolute Gasteiger partial charge is 0.402 e. The molecule has 0 fully saturated rings. The van der Waals surface area contributed by atoms with Crippen molar-refractivity contribution >= 4 is 17.4 Å². The van der Waals surface area contributed by atoms with E-state index in [1.54, 1.807) is 17.4 Å². The summed E-state index contributed by atoms with van der Waals surface area (Å²) in [6, 6.07) is 5.62. The van der Waals surface area contributed by atoms with E-state index in [-0.39, 0.29) is 11.9 Å². The van der Waals surface area contributed by atoms with Crippen LogP contribution in [0.1, 0.15) is 0 Å². The van der Waals surface area contributed by atoms with Crippen LogP contribution in [0.2, 0.25) is 0 Å². The van der Waals surface area contributed by atoms with Gasteiger partial charge in [0, 0.05) is 6.07 Å². The van der Waals surface area contributed by atoms with Crippen LogP contribution in [-0.2, 0) is 0 Å². The molecule has 3 rings (SSSR count). The zero-order valence-electron chi connectivity index (χ0n) is 7.95. The van der Waals surface area contributed by atoms with E-state index >= 15 is 0 Å². The Bertz CT molecular complexity index is 599. The zero-order valence-corrected chi connectivity index (χ0v) is 8.77. The van der Waals surface area contributed by atoms with Crippen LogP contribution in [0.5, 0.6) is 0 Å². The second-order valence-corrected chi connectivity index (χ2v) is 3.95. The maximum atomic E-state index is 5.32. The highest BCUT2D eigenvalue weighted by Crippen LogP contribution is 2.28. The van der Waals surface area contributed by atoms with Crippen molar-refractivity contribution in [2.75, 3.05) is 5.73 Å². The van der Waals surface area contributed by atoms with E-state index < -0.39 is 0 Å². The number of nitrogens with zero attached hydrogens (tertiary/aromatic N) is 3. The molecule has 6 nitrogen and oxygen atoms in total. The Morgan fingerprint density at radius 2 is 2.25 bits per heavy atom. The van der Waals surface area contributed by atoms with Gasteiger partial charge in [0.2, 0.25) is 0 Å². The van der Waals surface area contributed by atoms with Gasteiger partial charge in [0.1, 0.15) is 0 Å². The SMILES string of the molecule is Nc1nnc(-c2cc(-c3cccs3)on2)o1. The lowest BCUT2D eigenvalue weighted by molar-refractivity contribution is 0.432. The van der Waals surface area contributed by atoms with Gasteiger partial charge in [-0.1, -0.05) is 16.3 Å². The summed E-state index contributed by atoms with van der Waals surface area (Å²) in [4.78, 5) is 0.992. The molecular formula is C9H6N4O2S. The Morgan fingerprint density at radius 3 is 2.94 bits per heavy atom. The van der Waals surface area contributed by atoms with E-state index in [0.29, 0.717) is 11.5 Å². The molecule has 16 heavy (non-hydrogen) atoms. The summed E-state index contributed by atoms with van der Waals surface area (Å²) < 4.78 is 10.2. The lowest BCUT2D eigenvalue weighted by Crippen LogP contribution is -1.81. The minimum atomic E-state index is 0.00988.